The summed E-state index contributed by atoms with van der Waals surface area (Å²) in [5.74, 6) is 1.14. The molecular weight excluding hydrogens is 372 g/mol. The van der Waals surface area contributed by atoms with Crippen molar-refractivity contribution in [2.75, 3.05) is 13.7 Å². The van der Waals surface area contributed by atoms with Gasteiger partial charge in [0.05, 0.1) is 18.4 Å². The van der Waals surface area contributed by atoms with Crippen LogP contribution in [0.3, 0.4) is 0 Å². The van der Waals surface area contributed by atoms with Gasteiger partial charge >= 0.3 is 0 Å². The Morgan fingerprint density at radius 3 is 2.79 bits per heavy atom. The molecule has 2 aromatic carbocycles. The summed E-state index contributed by atoms with van der Waals surface area (Å²) in [5.41, 5.74) is 3.73. The number of ether oxygens (including phenoxy) is 1. The average Bonchev–Trinajstić information content (AvgIpc) is 3.30. The molecule has 2 aromatic heterocycles. The van der Waals surface area contributed by atoms with E-state index in [0.717, 1.165) is 27.6 Å². The molecule has 0 unspecified atom stereocenters. The van der Waals surface area contributed by atoms with Crippen molar-refractivity contribution in [3.05, 3.63) is 70.7 Å². The standard InChI is InChI=1S/C21H20N4O2S/c1-14-7-3-4-8-16(14)19-23-21-25(24-19)15(13-28-21)11-12-22-20(26)17-9-5-6-10-18(17)27-2/h3-10,13H,11-12H2,1-2H3,(H,22,26). The molecule has 0 fully saturated rings. The van der Waals surface area contributed by atoms with Crippen LogP contribution in [-0.4, -0.2) is 34.2 Å². The van der Waals surface area contributed by atoms with Gasteiger partial charge in [-0.1, -0.05) is 36.4 Å². The van der Waals surface area contributed by atoms with Gasteiger partial charge in [0, 0.05) is 23.9 Å². The van der Waals surface area contributed by atoms with E-state index in [0.29, 0.717) is 24.3 Å². The highest BCUT2D eigenvalue weighted by molar-refractivity contribution is 7.15. The average molecular weight is 392 g/mol. The van der Waals surface area contributed by atoms with Crippen LogP contribution in [0.25, 0.3) is 16.3 Å². The summed E-state index contributed by atoms with van der Waals surface area (Å²) in [6.45, 7) is 2.56. The molecule has 4 rings (SSSR count). The third kappa shape index (κ3) is 3.48. The summed E-state index contributed by atoms with van der Waals surface area (Å²) < 4.78 is 7.11. The zero-order valence-corrected chi connectivity index (χ0v) is 16.5. The van der Waals surface area contributed by atoms with E-state index < -0.39 is 0 Å². The van der Waals surface area contributed by atoms with Crippen molar-refractivity contribution >= 4 is 22.2 Å². The van der Waals surface area contributed by atoms with E-state index >= 15 is 0 Å². The number of para-hydroxylation sites is 1. The number of hydrogen-bond donors (Lipinski definition) is 1. The summed E-state index contributed by atoms with van der Waals surface area (Å²) in [6, 6.07) is 15.3. The smallest absolute Gasteiger partial charge is 0.255 e. The molecule has 4 aromatic rings. The van der Waals surface area contributed by atoms with E-state index in [1.54, 1.807) is 30.6 Å². The molecule has 0 spiro atoms. The van der Waals surface area contributed by atoms with E-state index in [9.17, 15) is 4.79 Å². The number of hydrogen-bond acceptors (Lipinski definition) is 5. The van der Waals surface area contributed by atoms with Crippen LogP contribution in [0, 0.1) is 6.92 Å². The number of aryl methyl sites for hydroxylation is 1. The zero-order chi connectivity index (χ0) is 19.5. The lowest BCUT2D eigenvalue weighted by Crippen LogP contribution is -2.26. The molecule has 0 aliphatic rings. The van der Waals surface area contributed by atoms with E-state index in [-0.39, 0.29) is 5.91 Å². The molecule has 0 bridgehead atoms. The number of carbonyl (C=O) groups excluding carboxylic acids is 1. The molecule has 6 nitrogen and oxygen atoms in total. The molecule has 28 heavy (non-hydrogen) atoms. The van der Waals surface area contributed by atoms with Crippen LogP contribution < -0.4 is 10.1 Å². The van der Waals surface area contributed by atoms with E-state index in [1.807, 2.05) is 40.2 Å². The normalized spacial score (nSPS) is 10.9. The Morgan fingerprint density at radius 2 is 1.96 bits per heavy atom. The number of nitrogens with zero attached hydrogens (tertiary/aromatic N) is 3. The van der Waals surface area contributed by atoms with Crippen LogP contribution in [0.5, 0.6) is 5.75 Å². The minimum Gasteiger partial charge on any atom is -0.496 e. The summed E-state index contributed by atoms with van der Waals surface area (Å²) in [5, 5.41) is 9.65. The molecule has 1 amide bonds. The van der Waals surface area contributed by atoms with Crippen molar-refractivity contribution in [2.24, 2.45) is 0 Å². The Hall–Kier alpha value is -3.19. The van der Waals surface area contributed by atoms with Crippen molar-refractivity contribution in [1.29, 1.82) is 0 Å². The number of benzene rings is 2. The fourth-order valence-corrected chi connectivity index (χ4v) is 3.92. The number of amides is 1. The first kappa shape index (κ1) is 18.2. The largest absolute Gasteiger partial charge is 0.496 e. The molecule has 0 atom stereocenters. The Bertz CT molecular complexity index is 1130. The van der Waals surface area contributed by atoms with Gasteiger partial charge in [-0.05, 0) is 24.6 Å². The Labute approximate surface area is 166 Å². The van der Waals surface area contributed by atoms with Crippen LogP contribution in [0.2, 0.25) is 0 Å². The molecule has 142 valence electrons. The first-order valence-electron chi connectivity index (χ1n) is 8.97. The summed E-state index contributed by atoms with van der Waals surface area (Å²) >= 11 is 1.55. The van der Waals surface area contributed by atoms with Crippen LogP contribution in [0.1, 0.15) is 21.6 Å². The predicted octanol–water partition coefficient (Wildman–Crippen LogP) is 3.75. The number of rotatable bonds is 6. The highest BCUT2D eigenvalue weighted by atomic mass is 32.1. The maximum absolute atomic E-state index is 12.4. The molecule has 7 heteroatoms. The Kier molecular flexibility index (Phi) is 5.08. The summed E-state index contributed by atoms with van der Waals surface area (Å²) in [7, 11) is 1.56. The topological polar surface area (TPSA) is 68.5 Å². The number of carbonyl (C=O) groups is 1. The monoisotopic (exact) mass is 392 g/mol. The fourth-order valence-electron chi connectivity index (χ4n) is 3.07. The lowest BCUT2D eigenvalue weighted by molar-refractivity contribution is 0.0951. The quantitative estimate of drug-likeness (QED) is 0.543. The number of nitrogens with one attached hydrogen (secondary N) is 1. The minimum absolute atomic E-state index is 0.150. The molecule has 0 aliphatic heterocycles. The van der Waals surface area contributed by atoms with Gasteiger partial charge in [-0.15, -0.1) is 16.4 Å². The van der Waals surface area contributed by atoms with Gasteiger partial charge in [-0.2, -0.15) is 4.98 Å². The third-order valence-corrected chi connectivity index (χ3v) is 5.42. The van der Waals surface area contributed by atoms with Gasteiger partial charge in [-0.3, -0.25) is 4.79 Å². The van der Waals surface area contributed by atoms with Crippen molar-refractivity contribution in [3.63, 3.8) is 0 Å². The van der Waals surface area contributed by atoms with Gasteiger partial charge in [0.25, 0.3) is 5.91 Å². The lowest BCUT2D eigenvalue weighted by atomic mass is 10.1. The molecule has 0 radical (unpaired) electrons. The maximum Gasteiger partial charge on any atom is 0.255 e. The maximum atomic E-state index is 12.4. The molecule has 1 N–H and O–H groups in total. The number of fused-ring (bicyclic) bond motifs is 1. The molecule has 0 saturated carbocycles. The van der Waals surface area contributed by atoms with Crippen LogP contribution in [0.15, 0.2) is 53.9 Å². The molecule has 0 saturated heterocycles. The second kappa shape index (κ2) is 7.82. The number of aromatic nitrogens is 3. The van der Waals surface area contributed by atoms with Gasteiger partial charge in [0.15, 0.2) is 5.82 Å². The van der Waals surface area contributed by atoms with E-state index in [1.165, 1.54) is 0 Å². The Morgan fingerprint density at radius 1 is 1.18 bits per heavy atom. The first-order valence-corrected chi connectivity index (χ1v) is 9.85. The minimum atomic E-state index is -0.150. The van der Waals surface area contributed by atoms with E-state index in [2.05, 4.69) is 28.4 Å². The fraction of sp³-hybridized carbons (Fsp3) is 0.190. The number of methoxy groups -OCH3 is 1. The SMILES string of the molecule is COc1ccccc1C(=O)NCCc1csc2nc(-c3ccccc3C)nn12. The van der Waals surface area contributed by atoms with Gasteiger partial charge < -0.3 is 10.1 Å². The van der Waals surface area contributed by atoms with Gasteiger partial charge in [-0.25, -0.2) is 4.52 Å². The third-order valence-electron chi connectivity index (χ3n) is 4.55. The second-order valence-corrected chi connectivity index (χ2v) is 7.21. The van der Waals surface area contributed by atoms with Crippen molar-refractivity contribution in [1.82, 2.24) is 19.9 Å². The van der Waals surface area contributed by atoms with E-state index in [4.69, 9.17) is 4.74 Å². The number of thiazole rings is 1. The highest BCUT2D eigenvalue weighted by Gasteiger charge is 2.14. The molecular formula is C21H20N4O2S. The first-order chi connectivity index (χ1) is 13.7. The lowest BCUT2D eigenvalue weighted by Gasteiger charge is -2.08. The predicted molar refractivity (Wildman–Crippen MR) is 110 cm³/mol. The van der Waals surface area contributed by atoms with Crippen molar-refractivity contribution in [2.45, 2.75) is 13.3 Å². The molecule has 0 aliphatic carbocycles. The van der Waals surface area contributed by atoms with Gasteiger partial charge in [0.2, 0.25) is 4.96 Å². The van der Waals surface area contributed by atoms with Crippen LogP contribution in [0.4, 0.5) is 0 Å². The molecule has 2 heterocycles. The summed E-state index contributed by atoms with van der Waals surface area (Å²) in [6.07, 6.45) is 0.664. The van der Waals surface area contributed by atoms with Crippen molar-refractivity contribution < 1.29 is 9.53 Å². The van der Waals surface area contributed by atoms with Crippen LogP contribution >= 0.6 is 11.3 Å². The Balaban J connectivity index is 1.47. The second-order valence-electron chi connectivity index (χ2n) is 6.38. The van der Waals surface area contributed by atoms with Gasteiger partial charge in [0.1, 0.15) is 5.75 Å². The van der Waals surface area contributed by atoms with Crippen LogP contribution in [-0.2, 0) is 6.42 Å². The zero-order valence-electron chi connectivity index (χ0n) is 15.7. The summed E-state index contributed by atoms with van der Waals surface area (Å²) in [4.78, 5) is 17.9. The van der Waals surface area contributed by atoms with Crippen molar-refractivity contribution in [3.8, 4) is 17.1 Å². The highest BCUT2D eigenvalue weighted by Crippen LogP contribution is 2.23.